The molecule has 0 radical (unpaired) electrons. The molecule has 2 unspecified atom stereocenters. The molecule has 2 atom stereocenters. The highest BCUT2D eigenvalue weighted by molar-refractivity contribution is 9.10. The Morgan fingerprint density at radius 2 is 2.04 bits per heavy atom. The van der Waals surface area contributed by atoms with Crippen LogP contribution in [-0.2, 0) is 11.3 Å². The molecule has 23 heavy (non-hydrogen) atoms. The van der Waals surface area contributed by atoms with Crippen LogP contribution in [0.25, 0.3) is 10.9 Å². The van der Waals surface area contributed by atoms with Gasteiger partial charge in [-0.15, -0.1) is 0 Å². The molecule has 6 nitrogen and oxygen atoms in total. The van der Waals surface area contributed by atoms with Crippen LogP contribution in [0.1, 0.15) is 13.8 Å². The van der Waals surface area contributed by atoms with Gasteiger partial charge in [-0.2, -0.15) is 0 Å². The number of amides is 1. The highest BCUT2D eigenvalue weighted by Gasteiger charge is 2.25. The molecular weight excluding hydrogens is 360 g/mol. The Hall–Kier alpha value is -1.73. The summed E-state index contributed by atoms with van der Waals surface area (Å²) in [4.78, 5) is 31.1. The predicted octanol–water partition coefficient (Wildman–Crippen LogP) is 1.37. The Bertz CT molecular complexity index is 794. The van der Waals surface area contributed by atoms with Gasteiger partial charge in [0.05, 0.1) is 17.2 Å². The summed E-state index contributed by atoms with van der Waals surface area (Å²) in [6.45, 7) is 5.44. The molecule has 1 amide bonds. The lowest BCUT2D eigenvalue weighted by molar-refractivity contribution is -0.133. The van der Waals surface area contributed by atoms with E-state index in [2.05, 4.69) is 40.1 Å². The van der Waals surface area contributed by atoms with Crippen molar-refractivity contribution in [2.45, 2.75) is 32.5 Å². The first-order valence-corrected chi connectivity index (χ1v) is 8.42. The summed E-state index contributed by atoms with van der Waals surface area (Å²) < 4.78 is 2.20. The van der Waals surface area contributed by atoms with Gasteiger partial charge in [0.15, 0.2) is 0 Å². The second kappa shape index (κ2) is 6.41. The highest BCUT2D eigenvalue weighted by atomic mass is 79.9. The van der Waals surface area contributed by atoms with E-state index >= 15 is 0 Å². The zero-order valence-corrected chi connectivity index (χ0v) is 14.7. The number of piperazine rings is 1. The van der Waals surface area contributed by atoms with Gasteiger partial charge in [0.2, 0.25) is 5.91 Å². The number of nitrogens with one attached hydrogen (secondary N) is 1. The third-order valence-electron chi connectivity index (χ3n) is 4.00. The van der Waals surface area contributed by atoms with Crippen LogP contribution in [0, 0.1) is 0 Å². The number of nitrogens with zero attached hydrogens (tertiary/aromatic N) is 3. The molecule has 0 aliphatic carbocycles. The minimum absolute atomic E-state index is 0.0216. The zero-order valence-electron chi connectivity index (χ0n) is 13.1. The summed E-state index contributed by atoms with van der Waals surface area (Å²) >= 11 is 3.36. The van der Waals surface area contributed by atoms with E-state index in [0.717, 1.165) is 4.47 Å². The molecular formula is C16H19BrN4O2. The van der Waals surface area contributed by atoms with Gasteiger partial charge < -0.3 is 10.2 Å². The molecule has 7 heteroatoms. The van der Waals surface area contributed by atoms with Gasteiger partial charge in [0, 0.05) is 29.6 Å². The molecule has 1 aromatic heterocycles. The number of fused-ring (bicyclic) bond motifs is 1. The number of benzene rings is 1. The number of hydrogen-bond donors (Lipinski definition) is 1. The number of carbonyl (C=O) groups excluding carboxylic acids is 1. The maximum Gasteiger partial charge on any atom is 0.261 e. The summed E-state index contributed by atoms with van der Waals surface area (Å²) in [5.74, 6) is -0.0524. The lowest BCUT2D eigenvalue weighted by atomic mass is 10.1. The van der Waals surface area contributed by atoms with E-state index in [-0.39, 0.29) is 30.1 Å². The van der Waals surface area contributed by atoms with E-state index in [1.165, 1.54) is 10.9 Å². The van der Waals surface area contributed by atoms with E-state index in [4.69, 9.17) is 0 Å². The van der Waals surface area contributed by atoms with E-state index in [9.17, 15) is 9.59 Å². The maximum atomic E-state index is 12.5. The molecule has 2 heterocycles. The maximum absolute atomic E-state index is 12.5. The molecule has 1 N–H and O–H groups in total. The third-order valence-corrected chi connectivity index (χ3v) is 4.50. The SMILES string of the molecule is CC1CN(C(=O)Cn2cnc3ccc(Br)cc3c2=O)CC(C)N1. The normalized spacial score (nSPS) is 21.6. The van der Waals surface area contributed by atoms with Crippen LogP contribution in [0.3, 0.4) is 0 Å². The summed E-state index contributed by atoms with van der Waals surface area (Å²) in [5, 5.41) is 3.90. The Kier molecular flexibility index (Phi) is 4.50. The first kappa shape index (κ1) is 16.1. The number of halogens is 1. The third kappa shape index (κ3) is 3.45. The minimum Gasteiger partial charge on any atom is -0.338 e. The summed E-state index contributed by atoms with van der Waals surface area (Å²) in [7, 11) is 0. The van der Waals surface area contributed by atoms with Crippen LogP contribution in [-0.4, -0.2) is 45.5 Å². The number of rotatable bonds is 2. The Balaban J connectivity index is 1.85. The van der Waals surface area contributed by atoms with Crippen LogP contribution in [0.2, 0.25) is 0 Å². The largest absolute Gasteiger partial charge is 0.338 e. The first-order valence-electron chi connectivity index (χ1n) is 7.62. The van der Waals surface area contributed by atoms with Crippen LogP contribution >= 0.6 is 15.9 Å². The van der Waals surface area contributed by atoms with E-state index in [0.29, 0.717) is 24.0 Å². The summed E-state index contributed by atoms with van der Waals surface area (Å²) in [6.07, 6.45) is 1.45. The van der Waals surface area contributed by atoms with Gasteiger partial charge in [-0.25, -0.2) is 4.98 Å². The van der Waals surface area contributed by atoms with Gasteiger partial charge in [-0.3, -0.25) is 14.2 Å². The summed E-state index contributed by atoms with van der Waals surface area (Å²) in [6, 6.07) is 5.87. The van der Waals surface area contributed by atoms with Crippen molar-refractivity contribution in [1.82, 2.24) is 19.8 Å². The smallest absolute Gasteiger partial charge is 0.261 e. The molecule has 3 rings (SSSR count). The predicted molar refractivity (Wildman–Crippen MR) is 92.3 cm³/mol. The molecule has 122 valence electrons. The van der Waals surface area contributed by atoms with E-state index in [1.807, 2.05) is 11.0 Å². The fourth-order valence-electron chi connectivity index (χ4n) is 3.02. The Morgan fingerprint density at radius 3 is 2.74 bits per heavy atom. The average molecular weight is 379 g/mol. The van der Waals surface area contributed by atoms with Crippen LogP contribution < -0.4 is 10.9 Å². The molecule has 1 fully saturated rings. The van der Waals surface area contributed by atoms with Crippen molar-refractivity contribution < 1.29 is 4.79 Å². The lowest BCUT2D eigenvalue weighted by Crippen LogP contribution is -2.56. The monoisotopic (exact) mass is 378 g/mol. The number of hydrogen-bond acceptors (Lipinski definition) is 4. The number of carbonyl (C=O) groups is 1. The topological polar surface area (TPSA) is 67.2 Å². The highest BCUT2D eigenvalue weighted by Crippen LogP contribution is 2.15. The van der Waals surface area contributed by atoms with Gasteiger partial charge in [-0.05, 0) is 32.0 Å². The molecule has 0 spiro atoms. The van der Waals surface area contributed by atoms with Crippen LogP contribution in [0.4, 0.5) is 0 Å². The van der Waals surface area contributed by atoms with Crippen LogP contribution in [0.5, 0.6) is 0 Å². The Labute approximate surface area is 142 Å². The Morgan fingerprint density at radius 1 is 1.35 bits per heavy atom. The summed E-state index contributed by atoms with van der Waals surface area (Å²) in [5.41, 5.74) is 0.437. The molecule has 1 aliphatic heterocycles. The first-order chi connectivity index (χ1) is 10.9. The average Bonchev–Trinajstić information content (AvgIpc) is 2.49. The molecule has 0 saturated carbocycles. The van der Waals surface area contributed by atoms with Crippen molar-refractivity contribution in [3.8, 4) is 0 Å². The van der Waals surface area contributed by atoms with Crippen LogP contribution in [0.15, 0.2) is 33.8 Å². The molecule has 1 aliphatic rings. The molecule has 1 saturated heterocycles. The molecule has 0 bridgehead atoms. The number of aromatic nitrogens is 2. The fraction of sp³-hybridized carbons (Fsp3) is 0.438. The van der Waals surface area contributed by atoms with Crippen molar-refractivity contribution in [3.05, 3.63) is 39.4 Å². The lowest BCUT2D eigenvalue weighted by Gasteiger charge is -2.36. The molecule has 2 aromatic rings. The second-order valence-electron chi connectivity index (χ2n) is 6.11. The molecule has 1 aromatic carbocycles. The quantitative estimate of drug-likeness (QED) is 0.856. The van der Waals surface area contributed by atoms with E-state index in [1.54, 1.807) is 12.1 Å². The van der Waals surface area contributed by atoms with Crippen molar-refractivity contribution in [1.29, 1.82) is 0 Å². The van der Waals surface area contributed by atoms with Crippen molar-refractivity contribution >= 4 is 32.7 Å². The van der Waals surface area contributed by atoms with Crippen molar-refractivity contribution in [3.63, 3.8) is 0 Å². The van der Waals surface area contributed by atoms with Crippen molar-refractivity contribution in [2.24, 2.45) is 0 Å². The second-order valence-corrected chi connectivity index (χ2v) is 7.02. The van der Waals surface area contributed by atoms with Gasteiger partial charge in [-0.1, -0.05) is 15.9 Å². The standard InChI is InChI=1S/C16H19BrN4O2/c1-10-6-20(7-11(2)19-10)15(22)8-21-9-18-14-4-3-12(17)5-13(14)16(21)23/h3-5,9-11,19H,6-8H2,1-2H3. The van der Waals surface area contributed by atoms with Crippen molar-refractivity contribution in [2.75, 3.05) is 13.1 Å². The minimum atomic E-state index is -0.194. The zero-order chi connectivity index (χ0) is 16.6. The fourth-order valence-corrected chi connectivity index (χ4v) is 3.38. The van der Waals surface area contributed by atoms with Gasteiger partial charge in [0.1, 0.15) is 6.54 Å². The van der Waals surface area contributed by atoms with Gasteiger partial charge in [0.25, 0.3) is 5.56 Å². The van der Waals surface area contributed by atoms with Gasteiger partial charge >= 0.3 is 0 Å². The van der Waals surface area contributed by atoms with E-state index < -0.39 is 0 Å².